The molecular formula is C23H29N3O3. The van der Waals surface area contributed by atoms with E-state index in [4.69, 9.17) is 15.2 Å². The molecule has 0 saturated carbocycles. The van der Waals surface area contributed by atoms with E-state index in [2.05, 4.69) is 42.4 Å². The number of nitrogens with one attached hydrogen (secondary N) is 1. The molecule has 0 bridgehead atoms. The number of carbonyl (C=O) groups is 1. The highest BCUT2D eigenvalue weighted by molar-refractivity contribution is 5.82. The number of hydrogen-bond acceptors (Lipinski definition) is 5. The largest absolute Gasteiger partial charge is 0.484 e. The summed E-state index contributed by atoms with van der Waals surface area (Å²) in [6, 6.07) is 13.6. The quantitative estimate of drug-likeness (QED) is 0.402. The summed E-state index contributed by atoms with van der Waals surface area (Å²) in [6.45, 7) is 7.52. The summed E-state index contributed by atoms with van der Waals surface area (Å²) in [5, 5.41) is 3.42. The average molecular weight is 396 g/mol. The summed E-state index contributed by atoms with van der Waals surface area (Å²) in [5.41, 5.74) is 10.6. The second-order valence-electron chi connectivity index (χ2n) is 6.76. The van der Waals surface area contributed by atoms with Crippen molar-refractivity contribution >= 4 is 17.7 Å². The molecular weight excluding hydrogens is 366 g/mol. The first-order chi connectivity index (χ1) is 13.9. The van der Waals surface area contributed by atoms with Gasteiger partial charge in [-0.05, 0) is 56.1 Å². The zero-order chi connectivity index (χ0) is 21.2. The topological polar surface area (TPSA) is 85.9 Å². The second kappa shape index (κ2) is 11.0. The van der Waals surface area contributed by atoms with Gasteiger partial charge in [0.1, 0.15) is 5.75 Å². The third kappa shape index (κ3) is 7.43. The van der Waals surface area contributed by atoms with Crippen LogP contribution in [0.15, 0.2) is 53.5 Å². The Balaban J connectivity index is 2.06. The molecule has 2 aromatic rings. The maximum Gasteiger partial charge on any atom is 0.409 e. The fourth-order valence-corrected chi connectivity index (χ4v) is 2.90. The van der Waals surface area contributed by atoms with Crippen LogP contribution in [0.1, 0.15) is 29.2 Å². The number of amides is 1. The lowest BCUT2D eigenvalue weighted by molar-refractivity contribution is 0.211. The van der Waals surface area contributed by atoms with Crippen LogP contribution in [0.2, 0.25) is 0 Å². The Morgan fingerprint density at radius 2 is 2.00 bits per heavy atom. The molecule has 0 spiro atoms. The van der Waals surface area contributed by atoms with E-state index in [0.29, 0.717) is 18.2 Å². The monoisotopic (exact) mass is 395 g/mol. The first kappa shape index (κ1) is 22.2. The van der Waals surface area contributed by atoms with Crippen molar-refractivity contribution < 1.29 is 14.3 Å². The van der Waals surface area contributed by atoms with E-state index in [9.17, 15) is 4.79 Å². The molecule has 0 atom stereocenters. The lowest BCUT2D eigenvalue weighted by atomic mass is 10.0. The summed E-state index contributed by atoms with van der Waals surface area (Å²) < 4.78 is 10.2. The first-order valence-corrected chi connectivity index (χ1v) is 9.53. The Kier molecular flexibility index (Phi) is 8.43. The van der Waals surface area contributed by atoms with E-state index in [0.717, 1.165) is 24.2 Å². The Hall–Kier alpha value is -3.12. The standard InChI is InChI=1S/C23H29N3O3/c1-16-8-9-19(17(2)14-16)10-12-25-13-11-22(26-18(3)28-4)20-6-5-7-21(15-20)29-23(24)27/h5-9,11,14-15,25H,10,12-13H2,1-4H3,(H2,24,27)/b22-11-,26-18?. The molecule has 0 radical (unpaired) electrons. The minimum Gasteiger partial charge on any atom is -0.484 e. The van der Waals surface area contributed by atoms with E-state index in [1.807, 2.05) is 12.1 Å². The second-order valence-corrected chi connectivity index (χ2v) is 6.76. The fraction of sp³-hybridized carbons (Fsp3) is 0.304. The van der Waals surface area contributed by atoms with Crippen LogP contribution in [0.25, 0.3) is 5.70 Å². The molecule has 0 aromatic heterocycles. The third-order valence-corrected chi connectivity index (χ3v) is 4.43. The molecule has 3 N–H and O–H groups in total. The normalized spacial score (nSPS) is 12.0. The van der Waals surface area contributed by atoms with Crippen molar-refractivity contribution in [3.63, 3.8) is 0 Å². The van der Waals surface area contributed by atoms with Crippen molar-refractivity contribution in [1.82, 2.24) is 5.32 Å². The SMILES string of the molecule is COC(C)=N/C(=C\CNCCc1ccc(C)cc1C)c1cccc(OC(N)=O)c1. The number of aryl methyl sites for hydroxylation is 2. The van der Waals surface area contributed by atoms with Crippen LogP contribution in [0.4, 0.5) is 4.79 Å². The van der Waals surface area contributed by atoms with Gasteiger partial charge in [0, 0.05) is 19.0 Å². The van der Waals surface area contributed by atoms with Crippen LogP contribution < -0.4 is 15.8 Å². The van der Waals surface area contributed by atoms with Gasteiger partial charge in [-0.3, -0.25) is 0 Å². The summed E-state index contributed by atoms with van der Waals surface area (Å²) in [6.07, 6.45) is 2.09. The highest BCUT2D eigenvalue weighted by Gasteiger charge is 2.06. The van der Waals surface area contributed by atoms with Gasteiger partial charge in [-0.1, -0.05) is 35.9 Å². The fourth-order valence-electron chi connectivity index (χ4n) is 2.90. The zero-order valence-electron chi connectivity index (χ0n) is 17.5. The molecule has 0 fully saturated rings. The first-order valence-electron chi connectivity index (χ1n) is 9.53. The molecule has 0 saturated heterocycles. The van der Waals surface area contributed by atoms with E-state index in [-0.39, 0.29) is 0 Å². The highest BCUT2D eigenvalue weighted by Crippen LogP contribution is 2.21. The van der Waals surface area contributed by atoms with Gasteiger partial charge < -0.3 is 20.5 Å². The molecule has 0 aliphatic carbocycles. The van der Waals surface area contributed by atoms with E-state index < -0.39 is 6.09 Å². The number of rotatable bonds is 8. The number of nitrogens with zero attached hydrogens (tertiary/aromatic N) is 1. The average Bonchev–Trinajstić information content (AvgIpc) is 2.67. The predicted octanol–water partition coefficient (Wildman–Crippen LogP) is 4.00. The van der Waals surface area contributed by atoms with Crippen LogP contribution >= 0.6 is 0 Å². The van der Waals surface area contributed by atoms with Crippen molar-refractivity contribution in [2.75, 3.05) is 20.2 Å². The predicted molar refractivity (Wildman–Crippen MR) is 117 cm³/mol. The number of nitrogens with two attached hydrogens (primary N) is 1. The molecule has 154 valence electrons. The maximum atomic E-state index is 11.0. The van der Waals surface area contributed by atoms with Crippen molar-refractivity contribution in [2.24, 2.45) is 10.7 Å². The minimum atomic E-state index is -0.850. The number of primary amides is 1. The summed E-state index contributed by atoms with van der Waals surface area (Å²) in [7, 11) is 1.57. The van der Waals surface area contributed by atoms with Crippen molar-refractivity contribution in [1.29, 1.82) is 0 Å². The number of carbonyl (C=O) groups excluding carboxylic acids is 1. The molecule has 2 rings (SSSR count). The Morgan fingerprint density at radius 1 is 1.21 bits per heavy atom. The molecule has 6 heteroatoms. The van der Waals surface area contributed by atoms with Gasteiger partial charge in [0.15, 0.2) is 5.90 Å². The van der Waals surface area contributed by atoms with Crippen molar-refractivity contribution in [3.05, 3.63) is 70.8 Å². The molecule has 0 unspecified atom stereocenters. The smallest absolute Gasteiger partial charge is 0.409 e. The Labute approximate surface area is 172 Å². The lowest BCUT2D eigenvalue weighted by Crippen LogP contribution is -2.18. The molecule has 29 heavy (non-hydrogen) atoms. The molecule has 6 nitrogen and oxygen atoms in total. The summed E-state index contributed by atoms with van der Waals surface area (Å²) in [4.78, 5) is 15.5. The van der Waals surface area contributed by atoms with Gasteiger partial charge in [-0.2, -0.15) is 0 Å². The number of benzene rings is 2. The van der Waals surface area contributed by atoms with Gasteiger partial charge in [-0.25, -0.2) is 9.79 Å². The van der Waals surface area contributed by atoms with Gasteiger partial charge in [0.2, 0.25) is 0 Å². The highest BCUT2D eigenvalue weighted by atomic mass is 16.5. The number of hydrogen-bond donors (Lipinski definition) is 2. The van der Waals surface area contributed by atoms with Crippen LogP contribution in [-0.2, 0) is 11.2 Å². The molecule has 0 aliphatic rings. The van der Waals surface area contributed by atoms with Gasteiger partial charge in [-0.15, -0.1) is 0 Å². The molecule has 0 heterocycles. The van der Waals surface area contributed by atoms with Gasteiger partial charge in [0.25, 0.3) is 0 Å². The Bertz CT molecular complexity index is 904. The molecule has 0 aliphatic heterocycles. The van der Waals surface area contributed by atoms with Gasteiger partial charge in [0.05, 0.1) is 12.8 Å². The number of methoxy groups -OCH3 is 1. The molecule has 2 aromatic carbocycles. The summed E-state index contributed by atoms with van der Waals surface area (Å²) >= 11 is 0. The maximum absolute atomic E-state index is 11.0. The van der Waals surface area contributed by atoms with Crippen LogP contribution in [0.3, 0.4) is 0 Å². The number of ether oxygens (including phenoxy) is 2. The van der Waals surface area contributed by atoms with E-state index in [1.54, 1.807) is 32.2 Å². The molecule has 1 amide bonds. The van der Waals surface area contributed by atoms with Crippen LogP contribution in [0, 0.1) is 13.8 Å². The third-order valence-electron chi connectivity index (χ3n) is 4.43. The number of aliphatic imine (C=N–C) groups is 1. The Morgan fingerprint density at radius 3 is 2.69 bits per heavy atom. The minimum absolute atomic E-state index is 0.369. The van der Waals surface area contributed by atoms with Crippen molar-refractivity contribution in [3.8, 4) is 5.75 Å². The van der Waals surface area contributed by atoms with E-state index in [1.165, 1.54) is 16.7 Å². The zero-order valence-corrected chi connectivity index (χ0v) is 17.5. The lowest BCUT2D eigenvalue weighted by Gasteiger charge is -2.09. The van der Waals surface area contributed by atoms with Crippen LogP contribution in [-0.4, -0.2) is 32.2 Å². The van der Waals surface area contributed by atoms with Crippen LogP contribution in [0.5, 0.6) is 5.75 Å². The van der Waals surface area contributed by atoms with Gasteiger partial charge >= 0.3 is 6.09 Å². The van der Waals surface area contributed by atoms with E-state index >= 15 is 0 Å². The van der Waals surface area contributed by atoms with Crippen molar-refractivity contribution in [2.45, 2.75) is 27.2 Å². The summed E-state index contributed by atoms with van der Waals surface area (Å²) in [5.74, 6) is 0.904.